The summed E-state index contributed by atoms with van der Waals surface area (Å²) in [6.07, 6.45) is -1.47. The monoisotopic (exact) mass is 431 g/mol. The van der Waals surface area contributed by atoms with Gasteiger partial charge in [-0.15, -0.1) is 0 Å². The Kier molecular flexibility index (Phi) is 4.72. The first-order chi connectivity index (χ1) is 14.5. The van der Waals surface area contributed by atoms with Gasteiger partial charge in [0.2, 0.25) is 0 Å². The lowest BCUT2D eigenvalue weighted by atomic mass is 10.0. The van der Waals surface area contributed by atoms with Crippen molar-refractivity contribution in [3.63, 3.8) is 0 Å². The number of rotatable bonds is 3. The molecule has 0 amide bonds. The van der Waals surface area contributed by atoms with E-state index in [0.29, 0.717) is 39.5 Å². The van der Waals surface area contributed by atoms with Crippen LogP contribution in [0.5, 0.6) is 0 Å². The van der Waals surface area contributed by atoms with E-state index < -0.39 is 17.6 Å². The zero-order valence-electron chi connectivity index (χ0n) is 16.5. The van der Waals surface area contributed by atoms with Crippen LogP contribution in [0.2, 0.25) is 0 Å². The van der Waals surface area contributed by atoms with Gasteiger partial charge in [0, 0.05) is 49.0 Å². The zero-order valence-corrected chi connectivity index (χ0v) is 16.5. The van der Waals surface area contributed by atoms with Crippen LogP contribution in [0, 0.1) is 5.82 Å². The van der Waals surface area contributed by atoms with Gasteiger partial charge >= 0.3 is 6.18 Å². The fourth-order valence-electron chi connectivity index (χ4n) is 3.38. The van der Waals surface area contributed by atoms with Gasteiger partial charge < -0.3 is 15.6 Å². The van der Waals surface area contributed by atoms with Crippen LogP contribution in [0.1, 0.15) is 5.56 Å². The van der Waals surface area contributed by atoms with Crippen molar-refractivity contribution in [1.82, 2.24) is 14.3 Å². The average molecular weight is 431 g/mol. The van der Waals surface area contributed by atoms with E-state index in [1.54, 1.807) is 44.7 Å². The van der Waals surface area contributed by atoms with Crippen LogP contribution in [-0.2, 0) is 20.3 Å². The number of aromatic nitrogens is 3. The molecule has 0 aliphatic heterocycles. The van der Waals surface area contributed by atoms with Crippen molar-refractivity contribution in [3.05, 3.63) is 70.5 Å². The number of alkyl halides is 3. The molecule has 6 nitrogen and oxygen atoms in total. The largest absolute Gasteiger partial charge is 0.416 e. The van der Waals surface area contributed by atoms with Crippen molar-refractivity contribution < 1.29 is 17.6 Å². The Morgan fingerprint density at radius 3 is 2.39 bits per heavy atom. The number of nitrogens with zero attached hydrogens (tertiary/aromatic N) is 3. The molecule has 0 aliphatic rings. The van der Waals surface area contributed by atoms with Gasteiger partial charge in [-0.25, -0.2) is 4.39 Å². The van der Waals surface area contributed by atoms with Crippen molar-refractivity contribution >= 4 is 28.0 Å². The lowest BCUT2D eigenvalue weighted by Gasteiger charge is -2.16. The zero-order chi connectivity index (χ0) is 22.5. The highest BCUT2D eigenvalue weighted by Crippen LogP contribution is 2.37. The van der Waals surface area contributed by atoms with Gasteiger partial charge in [-0.05, 0) is 36.4 Å². The molecule has 2 heterocycles. The molecule has 0 saturated carbocycles. The maximum Gasteiger partial charge on any atom is 0.416 e. The summed E-state index contributed by atoms with van der Waals surface area (Å²) in [4.78, 5) is 12.5. The summed E-state index contributed by atoms with van der Waals surface area (Å²) in [6, 6.07) is 7.04. The molecule has 0 fully saturated rings. The second kappa shape index (κ2) is 7.15. The number of halogens is 4. The number of nitrogens with two attached hydrogens (primary N) is 1. The van der Waals surface area contributed by atoms with E-state index in [1.807, 2.05) is 0 Å². The summed E-state index contributed by atoms with van der Waals surface area (Å²) in [5.41, 5.74) is 6.78. The highest BCUT2D eigenvalue weighted by Gasteiger charge is 2.31. The van der Waals surface area contributed by atoms with Crippen LogP contribution < -0.4 is 16.6 Å². The summed E-state index contributed by atoms with van der Waals surface area (Å²) in [7, 11) is 3.27. The third-order valence-corrected chi connectivity index (χ3v) is 4.86. The molecule has 10 heteroatoms. The molecule has 4 rings (SSSR count). The maximum atomic E-state index is 14.4. The summed E-state index contributed by atoms with van der Waals surface area (Å²) in [5.74, 6) is -1.05. The first-order valence-corrected chi connectivity index (χ1v) is 9.11. The van der Waals surface area contributed by atoms with Crippen molar-refractivity contribution in [2.24, 2.45) is 14.1 Å². The predicted molar refractivity (Wildman–Crippen MR) is 110 cm³/mol. The maximum absolute atomic E-state index is 14.4. The highest BCUT2D eigenvalue weighted by molar-refractivity contribution is 5.97. The Hall–Kier alpha value is -3.82. The number of nitrogens with one attached hydrogen (secondary N) is 1. The average Bonchev–Trinajstić information content (AvgIpc) is 3.08. The van der Waals surface area contributed by atoms with Crippen LogP contribution in [-0.4, -0.2) is 14.3 Å². The number of pyridine rings is 1. The molecular weight excluding hydrogens is 414 g/mol. The summed E-state index contributed by atoms with van der Waals surface area (Å²) in [5, 5.41) is 7.58. The number of benzene rings is 2. The molecule has 0 bridgehead atoms. The Bertz CT molecular complexity index is 1370. The van der Waals surface area contributed by atoms with Gasteiger partial charge in [-0.3, -0.25) is 9.48 Å². The van der Waals surface area contributed by atoms with Crippen LogP contribution in [0.15, 0.2) is 53.6 Å². The Balaban J connectivity index is 1.87. The molecule has 4 aromatic rings. The van der Waals surface area contributed by atoms with Gasteiger partial charge in [0.15, 0.2) is 0 Å². The first kappa shape index (κ1) is 20.5. The number of hydrogen-bond acceptors (Lipinski definition) is 4. The quantitative estimate of drug-likeness (QED) is 0.372. The molecule has 2 aromatic heterocycles. The lowest BCUT2D eigenvalue weighted by molar-refractivity contribution is -0.137. The third-order valence-electron chi connectivity index (χ3n) is 4.86. The molecule has 0 saturated heterocycles. The van der Waals surface area contributed by atoms with Crippen molar-refractivity contribution in [3.8, 4) is 11.1 Å². The minimum absolute atomic E-state index is 0.138. The van der Waals surface area contributed by atoms with Crippen molar-refractivity contribution in [2.45, 2.75) is 6.18 Å². The molecule has 0 unspecified atom stereocenters. The molecule has 0 aliphatic carbocycles. The van der Waals surface area contributed by atoms with Crippen LogP contribution in [0.4, 0.5) is 34.6 Å². The van der Waals surface area contributed by atoms with E-state index in [1.165, 1.54) is 9.25 Å². The minimum Gasteiger partial charge on any atom is -0.399 e. The van der Waals surface area contributed by atoms with Crippen LogP contribution in [0.25, 0.3) is 22.0 Å². The standard InChI is InChI=1S/C21H17F4N5O/c1-29-9-14(19-15(20(29)31)10-30(2)28-19)13-8-12(26)4-6-17(13)27-18-5-3-11(7-16(18)22)21(23,24)25/h3-10,27H,26H2,1-2H3. The van der Waals surface area contributed by atoms with Crippen molar-refractivity contribution in [2.75, 3.05) is 11.1 Å². The minimum atomic E-state index is -4.65. The fourth-order valence-corrected chi connectivity index (χ4v) is 3.38. The molecule has 31 heavy (non-hydrogen) atoms. The summed E-state index contributed by atoms with van der Waals surface area (Å²) >= 11 is 0. The normalized spacial score (nSPS) is 11.8. The Morgan fingerprint density at radius 2 is 1.71 bits per heavy atom. The third kappa shape index (κ3) is 3.72. The number of aryl methyl sites for hydroxylation is 2. The summed E-state index contributed by atoms with van der Waals surface area (Å²) in [6.45, 7) is 0. The SMILES string of the molecule is Cn1cc2c(=O)n(C)cc(-c3cc(N)ccc3Nc3ccc(C(F)(F)F)cc3F)c2n1. The topological polar surface area (TPSA) is 77.9 Å². The van der Waals surface area contributed by atoms with Crippen molar-refractivity contribution in [1.29, 1.82) is 0 Å². The fraction of sp³-hybridized carbons (Fsp3) is 0.143. The highest BCUT2D eigenvalue weighted by atomic mass is 19.4. The first-order valence-electron chi connectivity index (χ1n) is 9.11. The molecule has 0 spiro atoms. The Morgan fingerprint density at radius 1 is 1.00 bits per heavy atom. The number of anilines is 3. The van der Waals surface area contributed by atoms with E-state index in [0.717, 1.165) is 12.1 Å². The number of hydrogen-bond donors (Lipinski definition) is 2. The van der Waals surface area contributed by atoms with Crippen LogP contribution in [0.3, 0.4) is 0 Å². The van der Waals surface area contributed by atoms with E-state index in [2.05, 4.69) is 10.4 Å². The van der Waals surface area contributed by atoms with E-state index >= 15 is 0 Å². The van der Waals surface area contributed by atoms with E-state index in [4.69, 9.17) is 5.73 Å². The molecular formula is C21H17F4N5O. The van der Waals surface area contributed by atoms with Crippen LogP contribution >= 0.6 is 0 Å². The molecule has 3 N–H and O–H groups in total. The molecule has 2 aromatic carbocycles. The number of fused-ring (bicyclic) bond motifs is 1. The molecule has 160 valence electrons. The predicted octanol–water partition coefficient (Wildman–Crippen LogP) is 4.42. The smallest absolute Gasteiger partial charge is 0.399 e. The van der Waals surface area contributed by atoms with Gasteiger partial charge in [0.25, 0.3) is 5.56 Å². The number of nitrogen functional groups attached to an aromatic ring is 1. The lowest BCUT2D eigenvalue weighted by Crippen LogP contribution is -2.16. The summed E-state index contributed by atoms with van der Waals surface area (Å²) < 4.78 is 55.8. The van der Waals surface area contributed by atoms with Gasteiger partial charge in [0.1, 0.15) is 11.3 Å². The van der Waals surface area contributed by atoms with Gasteiger partial charge in [-0.1, -0.05) is 0 Å². The Labute approximate surface area is 173 Å². The second-order valence-electron chi connectivity index (χ2n) is 7.15. The van der Waals surface area contributed by atoms with Gasteiger partial charge in [-0.2, -0.15) is 18.3 Å². The molecule has 0 atom stereocenters. The van der Waals surface area contributed by atoms with E-state index in [9.17, 15) is 22.4 Å². The second-order valence-corrected chi connectivity index (χ2v) is 7.15. The molecule has 0 radical (unpaired) electrons. The van der Waals surface area contributed by atoms with Gasteiger partial charge in [0.05, 0.1) is 16.6 Å². The van der Waals surface area contributed by atoms with E-state index in [-0.39, 0.29) is 11.2 Å².